The van der Waals surface area contributed by atoms with Crippen LogP contribution in [0.3, 0.4) is 0 Å². The van der Waals surface area contributed by atoms with Crippen LogP contribution in [0.15, 0.2) is 11.0 Å². The smallest absolute Gasteiger partial charge is 0.300 e. The van der Waals surface area contributed by atoms with Crippen LogP contribution in [0.5, 0.6) is 6.01 Å². The summed E-state index contributed by atoms with van der Waals surface area (Å²) in [6.07, 6.45) is 0.885. The van der Waals surface area contributed by atoms with E-state index >= 15 is 0 Å². The molecule has 2 heterocycles. The average Bonchev–Trinajstić information content (AvgIpc) is 2.69. The van der Waals surface area contributed by atoms with Crippen molar-refractivity contribution in [3.8, 4) is 6.01 Å². The Morgan fingerprint density at radius 3 is 2.89 bits per heavy atom. The zero-order valence-corrected chi connectivity index (χ0v) is 11.7. The molecule has 0 bridgehead atoms. The summed E-state index contributed by atoms with van der Waals surface area (Å²) in [5.74, 6) is 0. The van der Waals surface area contributed by atoms with Crippen LogP contribution in [0.2, 0.25) is 0 Å². The summed E-state index contributed by atoms with van der Waals surface area (Å²) in [5.41, 5.74) is 0.264. The molecule has 106 valence electrons. The number of fused-ring (bicyclic) bond motifs is 1. The molecule has 0 saturated heterocycles. The summed E-state index contributed by atoms with van der Waals surface area (Å²) >= 11 is 0. The number of rotatable bonds is 4. The van der Waals surface area contributed by atoms with Gasteiger partial charge in [0.2, 0.25) is 0 Å². The van der Waals surface area contributed by atoms with Gasteiger partial charge in [0.25, 0.3) is 5.56 Å². The molecule has 4 unspecified atom stereocenters. The third-order valence-corrected chi connectivity index (χ3v) is 3.67. The van der Waals surface area contributed by atoms with Crippen molar-refractivity contribution in [2.24, 2.45) is 0 Å². The van der Waals surface area contributed by atoms with Crippen LogP contribution in [-0.2, 0) is 4.74 Å². The molecule has 0 radical (unpaired) electrons. The van der Waals surface area contributed by atoms with E-state index in [0.717, 1.165) is 0 Å². The molecular weight excluding hydrogens is 248 g/mol. The molecule has 1 aliphatic rings. The number of ether oxygens (including phenoxy) is 2. The minimum absolute atomic E-state index is 0.0963. The van der Waals surface area contributed by atoms with Crippen molar-refractivity contribution in [2.45, 2.75) is 51.5 Å². The van der Waals surface area contributed by atoms with Gasteiger partial charge in [0, 0.05) is 18.9 Å². The number of aromatic nitrogens is 2. The molecule has 1 N–H and O–H groups in total. The van der Waals surface area contributed by atoms with E-state index in [0.29, 0.717) is 12.0 Å². The number of aliphatic hydroxyl groups excluding tert-OH is 1. The van der Waals surface area contributed by atoms with Gasteiger partial charge in [0.1, 0.15) is 6.10 Å². The van der Waals surface area contributed by atoms with Gasteiger partial charge in [-0.1, -0.05) is 6.92 Å². The van der Waals surface area contributed by atoms with E-state index in [1.54, 1.807) is 24.8 Å². The Bertz CT molecular complexity index is 510. The van der Waals surface area contributed by atoms with Crippen LogP contribution in [0.25, 0.3) is 0 Å². The summed E-state index contributed by atoms with van der Waals surface area (Å²) < 4.78 is 12.7. The Labute approximate surface area is 112 Å². The summed E-state index contributed by atoms with van der Waals surface area (Å²) in [5, 5.41) is 10.3. The third kappa shape index (κ3) is 2.37. The van der Waals surface area contributed by atoms with Gasteiger partial charge in [-0.25, -0.2) is 0 Å². The third-order valence-electron chi connectivity index (χ3n) is 3.67. The van der Waals surface area contributed by atoms with Gasteiger partial charge in [-0.2, -0.15) is 4.98 Å². The molecule has 1 aromatic heterocycles. The molecule has 19 heavy (non-hydrogen) atoms. The standard InChI is InChI=1S/C13H20N2O4/c1-5-9(18-4)10(16)11-8(3)15-6-7(2)12(17)14-13(15)19-11/h6,8-11,16H,5H2,1-4H3. The van der Waals surface area contributed by atoms with Gasteiger partial charge in [0.05, 0.1) is 12.1 Å². The fraction of sp³-hybridized carbons (Fsp3) is 0.692. The van der Waals surface area contributed by atoms with Crippen molar-refractivity contribution in [1.82, 2.24) is 9.55 Å². The molecule has 0 saturated carbocycles. The SMILES string of the molecule is CCC(OC)C(O)C1Oc2nc(=O)c(C)cn2C1C. The minimum atomic E-state index is -0.762. The fourth-order valence-electron chi connectivity index (χ4n) is 2.42. The van der Waals surface area contributed by atoms with Gasteiger partial charge in [-0.05, 0) is 20.3 Å². The van der Waals surface area contributed by atoms with Gasteiger partial charge in [-0.3, -0.25) is 9.36 Å². The monoisotopic (exact) mass is 268 g/mol. The highest BCUT2D eigenvalue weighted by atomic mass is 16.5. The maximum atomic E-state index is 11.5. The maximum Gasteiger partial charge on any atom is 0.300 e. The van der Waals surface area contributed by atoms with Crippen LogP contribution < -0.4 is 10.3 Å². The van der Waals surface area contributed by atoms with Crippen molar-refractivity contribution in [1.29, 1.82) is 0 Å². The van der Waals surface area contributed by atoms with Crippen LogP contribution in [-0.4, -0.2) is 40.1 Å². The molecule has 1 aliphatic heterocycles. The van der Waals surface area contributed by atoms with E-state index in [-0.39, 0.29) is 23.7 Å². The van der Waals surface area contributed by atoms with Crippen molar-refractivity contribution in [2.75, 3.05) is 7.11 Å². The lowest BCUT2D eigenvalue weighted by Crippen LogP contribution is -2.42. The first-order valence-corrected chi connectivity index (χ1v) is 6.46. The first-order valence-electron chi connectivity index (χ1n) is 6.46. The Kier molecular flexibility index (Phi) is 3.91. The Hall–Kier alpha value is -1.40. The molecular formula is C13H20N2O4. The Morgan fingerprint density at radius 1 is 1.63 bits per heavy atom. The molecule has 0 amide bonds. The lowest BCUT2D eigenvalue weighted by molar-refractivity contribution is -0.0691. The molecule has 0 fully saturated rings. The van der Waals surface area contributed by atoms with E-state index in [9.17, 15) is 9.90 Å². The number of hydrogen-bond acceptors (Lipinski definition) is 5. The van der Waals surface area contributed by atoms with Gasteiger partial charge < -0.3 is 14.6 Å². The summed E-state index contributed by atoms with van der Waals surface area (Å²) in [6.45, 7) is 5.58. The molecule has 1 aromatic rings. The minimum Gasteiger partial charge on any atom is -0.456 e. The first kappa shape index (κ1) is 14.0. The number of aryl methyl sites for hydroxylation is 1. The molecule has 6 heteroatoms. The number of aliphatic hydroxyl groups is 1. The van der Waals surface area contributed by atoms with Crippen LogP contribution in [0.4, 0.5) is 0 Å². The number of methoxy groups -OCH3 is 1. The van der Waals surface area contributed by atoms with E-state index in [2.05, 4.69) is 4.98 Å². The van der Waals surface area contributed by atoms with Crippen LogP contribution in [0.1, 0.15) is 31.9 Å². The predicted molar refractivity (Wildman–Crippen MR) is 69.5 cm³/mol. The quantitative estimate of drug-likeness (QED) is 0.868. The summed E-state index contributed by atoms with van der Waals surface area (Å²) in [7, 11) is 1.56. The number of nitrogens with zero attached hydrogens (tertiary/aromatic N) is 2. The predicted octanol–water partition coefficient (Wildman–Crippen LogP) is 0.660. The second-order valence-corrected chi connectivity index (χ2v) is 4.91. The van der Waals surface area contributed by atoms with Crippen LogP contribution >= 0.6 is 0 Å². The van der Waals surface area contributed by atoms with Crippen molar-refractivity contribution >= 4 is 0 Å². The second-order valence-electron chi connectivity index (χ2n) is 4.91. The topological polar surface area (TPSA) is 73.6 Å². The number of hydrogen-bond donors (Lipinski definition) is 1. The Morgan fingerprint density at radius 2 is 2.32 bits per heavy atom. The van der Waals surface area contributed by atoms with Crippen LogP contribution in [0, 0.1) is 6.92 Å². The van der Waals surface area contributed by atoms with E-state index in [1.165, 1.54) is 0 Å². The fourth-order valence-corrected chi connectivity index (χ4v) is 2.42. The van der Waals surface area contributed by atoms with E-state index in [4.69, 9.17) is 9.47 Å². The van der Waals surface area contributed by atoms with Gasteiger partial charge in [0.15, 0.2) is 6.10 Å². The molecule has 0 aliphatic carbocycles. The molecule has 6 nitrogen and oxygen atoms in total. The molecule has 0 spiro atoms. The van der Waals surface area contributed by atoms with Crippen molar-refractivity contribution < 1.29 is 14.6 Å². The molecule has 4 atom stereocenters. The highest BCUT2D eigenvalue weighted by Crippen LogP contribution is 2.31. The first-order chi connectivity index (χ1) is 8.99. The molecule has 0 aromatic carbocycles. The zero-order chi connectivity index (χ0) is 14.2. The lowest BCUT2D eigenvalue weighted by atomic mass is 10.0. The molecule has 2 rings (SSSR count). The van der Waals surface area contributed by atoms with Gasteiger partial charge in [-0.15, -0.1) is 0 Å². The normalized spacial score (nSPS) is 24.7. The zero-order valence-electron chi connectivity index (χ0n) is 11.7. The summed E-state index contributed by atoms with van der Waals surface area (Å²) in [4.78, 5) is 15.4. The van der Waals surface area contributed by atoms with E-state index < -0.39 is 12.2 Å². The van der Waals surface area contributed by atoms with Gasteiger partial charge >= 0.3 is 6.01 Å². The summed E-state index contributed by atoms with van der Waals surface area (Å²) in [6, 6.07) is 0.166. The Balaban J connectivity index is 2.28. The lowest BCUT2D eigenvalue weighted by Gasteiger charge is -2.26. The largest absolute Gasteiger partial charge is 0.456 e. The van der Waals surface area contributed by atoms with E-state index in [1.807, 2.05) is 13.8 Å². The highest BCUT2D eigenvalue weighted by molar-refractivity contribution is 5.14. The highest BCUT2D eigenvalue weighted by Gasteiger charge is 2.39. The van der Waals surface area contributed by atoms with Crippen molar-refractivity contribution in [3.63, 3.8) is 0 Å². The van der Waals surface area contributed by atoms with Crippen molar-refractivity contribution in [3.05, 3.63) is 22.1 Å². The maximum absolute atomic E-state index is 11.5. The average molecular weight is 268 g/mol. The second kappa shape index (κ2) is 5.30.